The minimum absolute atomic E-state index is 0.0199. The van der Waals surface area contributed by atoms with Gasteiger partial charge in [0.2, 0.25) is 0 Å². The molecule has 2 aliphatic rings. The van der Waals surface area contributed by atoms with Crippen molar-refractivity contribution in [3.8, 4) is 57.0 Å². The number of rotatable bonds is 5. The van der Waals surface area contributed by atoms with Crippen LogP contribution in [0, 0.1) is 36.5 Å². The molecule has 2 unspecified atom stereocenters. The van der Waals surface area contributed by atoms with E-state index in [4.69, 9.17) is 9.05 Å². The molecule has 0 radical (unpaired) electrons. The van der Waals surface area contributed by atoms with Gasteiger partial charge in [-0.25, -0.2) is 0 Å². The SMILES string of the molecule is Cc1cc(/C=C(\C#N)P2(=O)Oc3ccccc3-c3cc(Br)cc(Br)c32)ccc1-c1ccc(/C(C#N)=C/P2(=O)Oc3ccccc3-c3cc(Br)cc(Br)c32)cc1C. The highest BCUT2D eigenvalue weighted by atomic mass is 79.9. The average Bonchev–Trinajstić information content (AvgIpc) is 3.15. The van der Waals surface area contributed by atoms with Crippen LogP contribution in [0.2, 0.25) is 0 Å². The number of hydrogen-bond acceptors (Lipinski definition) is 6. The Morgan fingerprint density at radius 2 is 1.16 bits per heavy atom. The molecule has 2 aliphatic heterocycles. The first-order valence-electron chi connectivity index (χ1n) is 17.1. The molecule has 0 spiro atoms. The summed E-state index contributed by atoms with van der Waals surface area (Å²) in [6.45, 7) is 3.94. The van der Waals surface area contributed by atoms with Gasteiger partial charge < -0.3 is 9.05 Å². The zero-order chi connectivity index (χ0) is 39.5. The largest absolute Gasteiger partial charge is 0.436 e. The lowest BCUT2D eigenvalue weighted by atomic mass is 9.93. The normalized spacial score (nSPS) is 18.2. The summed E-state index contributed by atoms with van der Waals surface area (Å²) in [7, 11) is -7.58. The number of allylic oxidation sites excluding steroid dienone is 2. The van der Waals surface area contributed by atoms with Crippen LogP contribution in [-0.2, 0) is 9.13 Å². The van der Waals surface area contributed by atoms with E-state index in [1.165, 1.54) is 5.82 Å². The summed E-state index contributed by atoms with van der Waals surface area (Å²) in [6, 6.07) is 38.2. The van der Waals surface area contributed by atoms with Crippen LogP contribution in [0.15, 0.2) is 138 Å². The Kier molecular flexibility index (Phi) is 10.3. The summed E-state index contributed by atoms with van der Waals surface area (Å²) >= 11 is 14.3. The predicted octanol–water partition coefficient (Wildman–Crippen LogP) is 14.1. The highest BCUT2D eigenvalue weighted by Gasteiger charge is 2.42. The summed E-state index contributed by atoms with van der Waals surface area (Å²) in [5.41, 5.74) is 8.34. The van der Waals surface area contributed by atoms with E-state index >= 15 is 0 Å². The standard InChI is InChI=1S/C44H26Br4N2O4P2/c1-25-15-27(17-32(23-50)56(52)44-38(19-31(46)21-40(44)48)36-8-4-6-10-42(36)54-56)11-13-33(25)34-14-12-28(16-26(34)2)29(22-49)24-55(51)43-37(18-30(45)20-39(43)47)35-7-3-5-9-41(35)53-55/h3-21,24H,1-2H3/b29-24+,32-17+. The van der Waals surface area contributed by atoms with Crippen molar-refractivity contribution in [1.82, 2.24) is 0 Å². The van der Waals surface area contributed by atoms with E-state index < -0.39 is 14.7 Å². The zero-order valence-corrected chi connectivity index (χ0v) is 37.6. The van der Waals surface area contributed by atoms with E-state index in [1.54, 1.807) is 24.3 Å². The predicted molar refractivity (Wildman–Crippen MR) is 239 cm³/mol. The second-order valence-corrected chi connectivity index (χ2v) is 21.1. The van der Waals surface area contributed by atoms with Gasteiger partial charge in [-0.2, -0.15) is 10.5 Å². The molecule has 2 heterocycles. The molecule has 6 nitrogen and oxygen atoms in total. The van der Waals surface area contributed by atoms with Gasteiger partial charge in [-0.05, 0) is 122 Å². The second kappa shape index (κ2) is 14.9. The van der Waals surface area contributed by atoms with E-state index in [2.05, 4.69) is 75.9 Å². The Morgan fingerprint density at radius 3 is 1.75 bits per heavy atom. The highest BCUT2D eigenvalue weighted by Crippen LogP contribution is 2.62. The molecule has 0 bridgehead atoms. The Labute approximate surface area is 357 Å². The molecule has 0 aliphatic carbocycles. The van der Waals surface area contributed by atoms with Crippen molar-refractivity contribution in [2.45, 2.75) is 13.8 Å². The third kappa shape index (κ3) is 6.71. The molecule has 0 N–H and O–H groups in total. The van der Waals surface area contributed by atoms with Gasteiger partial charge in [0.25, 0.3) is 0 Å². The summed E-state index contributed by atoms with van der Waals surface area (Å²) in [4.78, 5) is 0. The molecule has 0 saturated carbocycles. The van der Waals surface area contributed by atoms with Crippen molar-refractivity contribution in [3.05, 3.63) is 160 Å². The molecule has 56 heavy (non-hydrogen) atoms. The first kappa shape index (κ1) is 38.6. The van der Waals surface area contributed by atoms with Gasteiger partial charge in [0.1, 0.15) is 29.0 Å². The van der Waals surface area contributed by atoms with Gasteiger partial charge in [-0.3, -0.25) is 9.13 Å². The monoisotopic (exact) mass is 1020 g/mol. The van der Waals surface area contributed by atoms with Crippen LogP contribution in [0.1, 0.15) is 22.3 Å². The van der Waals surface area contributed by atoms with Crippen LogP contribution in [-0.4, -0.2) is 0 Å². The third-order valence-electron chi connectivity index (χ3n) is 9.71. The maximum atomic E-state index is 14.9. The van der Waals surface area contributed by atoms with Gasteiger partial charge in [-0.1, -0.05) is 105 Å². The smallest absolute Gasteiger partial charge is 0.318 e. The fourth-order valence-electron chi connectivity index (χ4n) is 7.22. The van der Waals surface area contributed by atoms with Gasteiger partial charge >= 0.3 is 14.7 Å². The van der Waals surface area contributed by atoms with E-state index in [1.807, 2.05) is 105 Å². The molecule has 274 valence electrons. The summed E-state index contributed by atoms with van der Waals surface area (Å²) in [5.74, 6) is 2.40. The number of fused-ring (bicyclic) bond motifs is 6. The van der Waals surface area contributed by atoms with Gasteiger partial charge in [0.15, 0.2) is 0 Å². The maximum Gasteiger partial charge on any atom is 0.318 e. The maximum absolute atomic E-state index is 14.9. The van der Waals surface area contributed by atoms with Crippen molar-refractivity contribution < 1.29 is 18.2 Å². The van der Waals surface area contributed by atoms with E-state index in [-0.39, 0.29) is 10.9 Å². The average molecular weight is 1030 g/mol. The minimum atomic E-state index is -3.87. The van der Waals surface area contributed by atoms with Crippen LogP contribution >= 0.6 is 78.5 Å². The molecule has 0 saturated heterocycles. The van der Waals surface area contributed by atoms with Crippen molar-refractivity contribution in [1.29, 1.82) is 10.5 Å². The lowest BCUT2D eigenvalue weighted by Crippen LogP contribution is -2.20. The Hall–Kier alpha value is -4.24. The number of nitriles is 2. The molecular formula is C44H26Br4N2O4P2. The molecule has 6 aromatic rings. The number of nitrogens with zero attached hydrogens (tertiary/aromatic N) is 2. The summed E-state index contributed by atoms with van der Waals surface area (Å²) < 4.78 is 44.9. The fourth-order valence-corrected chi connectivity index (χ4v) is 15.4. The van der Waals surface area contributed by atoms with E-state index in [0.717, 1.165) is 53.5 Å². The molecule has 12 heteroatoms. The zero-order valence-electron chi connectivity index (χ0n) is 29.5. The fraction of sp³-hybridized carbons (Fsp3) is 0.0455. The number of aryl methyl sites for hydroxylation is 2. The van der Waals surface area contributed by atoms with Crippen molar-refractivity contribution in [2.24, 2.45) is 0 Å². The first-order chi connectivity index (χ1) is 26.8. The summed E-state index contributed by atoms with van der Waals surface area (Å²) in [6.07, 6.45) is 1.63. The Balaban J connectivity index is 1.14. The third-order valence-corrected chi connectivity index (χ3v) is 17.0. The van der Waals surface area contributed by atoms with Gasteiger partial charge in [0.05, 0.1) is 16.2 Å². The lowest BCUT2D eigenvalue weighted by Gasteiger charge is -2.29. The van der Waals surface area contributed by atoms with E-state index in [9.17, 15) is 19.7 Å². The van der Waals surface area contributed by atoms with Gasteiger partial charge in [-0.15, -0.1) is 0 Å². The van der Waals surface area contributed by atoms with Crippen LogP contribution in [0.5, 0.6) is 11.5 Å². The van der Waals surface area contributed by atoms with Crippen LogP contribution in [0.25, 0.3) is 45.0 Å². The first-order valence-corrected chi connectivity index (χ1v) is 23.6. The molecular weight excluding hydrogens is 1000 g/mol. The number of hydrogen-bond donors (Lipinski definition) is 0. The van der Waals surface area contributed by atoms with E-state index in [0.29, 0.717) is 42.2 Å². The van der Waals surface area contributed by atoms with Crippen molar-refractivity contribution >= 4 is 101 Å². The van der Waals surface area contributed by atoms with Crippen LogP contribution in [0.4, 0.5) is 0 Å². The van der Waals surface area contributed by atoms with Crippen LogP contribution in [0.3, 0.4) is 0 Å². The molecule has 8 rings (SSSR count). The summed E-state index contributed by atoms with van der Waals surface area (Å²) in [5, 5.41) is 21.8. The molecule has 6 aromatic carbocycles. The number of benzene rings is 6. The van der Waals surface area contributed by atoms with Crippen LogP contribution < -0.4 is 19.7 Å². The van der Waals surface area contributed by atoms with Crippen molar-refractivity contribution in [3.63, 3.8) is 0 Å². The van der Waals surface area contributed by atoms with Gasteiger partial charge in [0, 0.05) is 46.0 Å². The lowest BCUT2D eigenvalue weighted by molar-refractivity contribution is 0.498. The Morgan fingerprint density at radius 1 is 0.607 bits per heavy atom. The molecule has 0 amide bonds. The highest BCUT2D eigenvalue weighted by molar-refractivity contribution is 9.11. The molecule has 2 atom stereocenters. The number of halogens is 4. The molecule has 0 fully saturated rings. The molecule has 0 aromatic heterocycles. The Bertz CT molecular complexity index is 2950. The quantitative estimate of drug-likeness (QED) is 0.126. The second-order valence-electron chi connectivity index (χ2n) is 13.3. The minimum Gasteiger partial charge on any atom is -0.436 e. The number of para-hydroxylation sites is 2. The topological polar surface area (TPSA) is 100 Å². The van der Waals surface area contributed by atoms with Crippen molar-refractivity contribution in [2.75, 3.05) is 0 Å².